The van der Waals surface area contributed by atoms with Gasteiger partial charge in [-0.1, -0.05) is 24.3 Å². The monoisotopic (exact) mass is 443 g/mol. The van der Waals surface area contributed by atoms with Crippen LogP contribution in [0.15, 0.2) is 51.7 Å². The maximum atomic E-state index is 13.7. The normalized spacial score (nSPS) is 11.6. The van der Waals surface area contributed by atoms with E-state index in [9.17, 15) is 18.8 Å². The summed E-state index contributed by atoms with van der Waals surface area (Å²) in [7, 11) is 1.51. The van der Waals surface area contributed by atoms with Gasteiger partial charge < -0.3 is 19.2 Å². The number of aromatic amines is 1. The summed E-state index contributed by atoms with van der Waals surface area (Å²) in [6, 6.07) is 10.8. The smallest absolute Gasteiger partial charge is 0.434 e. The van der Waals surface area contributed by atoms with Crippen molar-refractivity contribution < 1.29 is 27.9 Å². The van der Waals surface area contributed by atoms with Crippen LogP contribution < -0.4 is 15.8 Å². The third-order valence-corrected chi connectivity index (χ3v) is 4.59. The zero-order valence-corrected chi connectivity index (χ0v) is 17.5. The van der Waals surface area contributed by atoms with Crippen LogP contribution in [0.1, 0.15) is 29.6 Å². The standard InChI is InChI=1S/C22H22FN3O6/c1-3-31-19(27)12-16(24-20(28)21-25-26-22(29)32-21)10-13-4-6-14(7-5-13)17-11-15(23)8-9-18(17)30-2/h4-9,11,16H,3,10,12H2,1-2H3,(H,24,28)(H,26,29)/t16-/m1/s1. The van der Waals surface area contributed by atoms with Crippen molar-refractivity contribution in [2.45, 2.75) is 25.8 Å². The lowest BCUT2D eigenvalue weighted by molar-refractivity contribution is -0.143. The lowest BCUT2D eigenvalue weighted by Gasteiger charge is -2.17. The predicted molar refractivity (Wildman–Crippen MR) is 112 cm³/mol. The van der Waals surface area contributed by atoms with Crippen molar-refractivity contribution in [3.63, 3.8) is 0 Å². The number of aromatic nitrogens is 2. The van der Waals surface area contributed by atoms with Crippen molar-refractivity contribution >= 4 is 11.9 Å². The topological polar surface area (TPSA) is 124 Å². The van der Waals surface area contributed by atoms with Gasteiger partial charge in [-0.15, -0.1) is 5.10 Å². The van der Waals surface area contributed by atoms with Crippen LogP contribution in [0.5, 0.6) is 5.75 Å². The second kappa shape index (κ2) is 10.4. The highest BCUT2D eigenvalue weighted by Crippen LogP contribution is 2.30. The van der Waals surface area contributed by atoms with Crippen molar-refractivity contribution in [2.75, 3.05) is 13.7 Å². The van der Waals surface area contributed by atoms with Gasteiger partial charge in [0.25, 0.3) is 0 Å². The van der Waals surface area contributed by atoms with Crippen LogP contribution in [0.4, 0.5) is 4.39 Å². The minimum absolute atomic E-state index is 0.0896. The van der Waals surface area contributed by atoms with Gasteiger partial charge in [-0.2, -0.15) is 0 Å². The summed E-state index contributed by atoms with van der Waals surface area (Å²) in [6.07, 6.45) is 0.202. The van der Waals surface area contributed by atoms with E-state index in [-0.39, 0.29) is 18.8 Å². The predicted octanol–water partition coefficient (Wildman–Crippen LogP) is 2.47. The van der Waals surface area contributed by atoms with Crippen molar-refractivity contribution in [3.8, 4) is 16.9 Å². The molecule has 0 aliphatic carbocycles. The number of rotatable bonds is 9. The zero-order chi connectivity index (χ0) is 23.1. The number of methoxy groups -OCH3 is 1. The second-order valence-corrected chi connectivity index (χ2v) is 6.84. The molecule has 32 heavy (non-hydrogen) atoms. The van der Waals surface area contributed by atoms with Crippen molar-refractivity contribution in [1.29, 1.82) is 0 Å². The highest BCUT2D eigenvalue weighted by Gasteiger charge is 2.22. The molecule has 3 rings (SSSR count). The molecule has 2 N–H and O–H groups in total. The number of H-pyrrole nitrogens is 1. The molecule has 0 saturated carbocycles. The number of carbonyl (C=O) groups excluding carboxylic acids is 2. The summed E-state index contributed by atoms with van der Waals surface area (Å²) in [5.74, 6) is -2.36. The van der Waals surface area contributed by atoms with E-state index in [1.54, 1.807) is 37.3 Å². The van der Waals surface area contributed by atoms with E-state index in [0.717, 1.165) is 11.1 Å². The number of hydrogen-bond donors (Lipinski definition) is 2. The molecule has 3 aromatic rings. The van der Waals surface area contributed by atoms with Crippen molar-refractivity contribution in [1.82, 2.24) is 15.5 Å². The number of nitrogens with zero attached hydrogens (tertiary/aromatic N) is 1. The molecule has 1 atom stereocenters. The molecule has 10 heteroatoms. The lowest BCUT2D eigenvalue weighted by atomic mass is 9.98. The molecule has 1 aromatic heterocycles. The van der Waals surface area contributed by atoms with Crippen LogP contribution in [0, 0.1) is 5.82 Å². The molecule has 0 fully saturated rings. The van der Waals surface area contributed by atoms with E-state index in [1.165, 1.54) is 19.2 Å². The van der Waals surface area contributed by atoms with E-state index in [4.69, 9.17) is 9.47 Å². The van der Waals surface area contributed by atoms with Gasteiger partial charge in [0.05, 0.1) is 20.1 Å². The maximum Gasteiger partial charge on any atom is 0.434 e. The van der Waals surface area contributed by atoms with Gasteiger partial charge in [0.1, 0.15) is 11.6 Å². The summed E-state index contributed by atoms with van der Waals surface area (Å²) in [4.78, 5) is 35.4. The van der Waals surface area contributed by atoms with Gasteiger partial charge in [0, 0.05) is 11.6 Å². The number of amides is 1. The van der Waals surface area contributed by atoms with E-state index < -0.39 is 29.6 Å². The molecule has 1 heterocycles. The second-order valence-electron chi connectivity index (χ2n) is 6.84. The summed E-state index contributed by atoms with van der Waals surface area (Å²) >= 11 is 0. The fraction of sp³-hybridized carbons (Fsp3) is 0.273. The van der Waals surface area contributed by atoms with Gasteiger partial charge in [-0.25, -0.2) is 14.3 Å². The molecular formula is C22H22FN3O6. The minimum Gasteiger partial charge on any atom is -0.496 e. The average molecular weight is 443 g/mol. The molecule has 0 radical (unpaired) electrons. The molecule has 1 amide bonds. The molecule has 0 unspecified atom stereocenters. The molecule has 0 bridgehead atoms. The van der Waals surface area contributed by atoms with E-state index in [2.05, 4.69) is 14.8 Å². The van der Waals surface area contributed by atoms with Crippen LogP contribution in [0.2, 0.25) is 0 Å². The van der Waals surface area contributed by atoms with Gasteiger partial charge >= 0.3 is 23.5 Å². The third kappa shape index (κ3) is 5.81. The Kier molecular flexibility index (Phi) is 7.37. The Hall–Kier alpha value is -3.95. The van der Waals surface area contributed by atoms with Crippen LogP contribution in [0.3, 0.4) is 0 Å². The van der Waals surface area contributed by atoms with Crippen molar-refractivity contribution in [2.24, 2.45) is 0 Å². The van der Waals surface area contributed by atoms with Crippen LogP contribution >= 0.6 is 0 Å². The Morgan fingerprint density at radius 3 is 2.59 bits per heavy atom. The Labute approximate surface area is 182 Å². The first-order valence-electron chi connectivity index (χ1n) is 9.84. The summed E-state index contributed by atoms with van der Waals surface area (Å²) < 4.78 is 28.6. The Balaban J connectivity index is 1.77. The Bertz CT molecular complexity index is 1140. The Morgan fingerprint density at radius 2 is 1.97 bits per heavy atom. The number of halogens is 1. The highest BCUT2D eigenvalue weighted by atomic mass is 19.1. The van der Waals surface area contributed by atoms with Crippen LogP contribution in [-0.2, 0) is 16.0 Å². The number of carbonyl (C=O) groups is 2. The third-order valence-electron chi connectivity index (χ3n) is 4.59. The van der Waals surface area contributed by atoms with Crippen LogP contribution in [0.25, 0.3) is 11.1 Å². The van der Waals surface area contributed by atoms with E-state index in [0.29, 0.717) is 17.7 Å². The largest absolute Gasteiger partial charge is 0.496 e. The van der Waals surface area contributed by atoms with Crippen LogP contribution in [-0.4, -0.2) is 41.8 Å². The number of benzene rings is 2. The van der Waals surface area contributed by atoms with E-state index >= 15 is 0 Å². The quantitative estimate of drug-likeness (QED) is 0.487. The molecule has 168 valence electrons. The number of nitrogens with one attached hydrogen (secondary N) is 2. The first-order chi connectivity index (χ1) is 15.4. The summed E-state index contributed by atoms with van der Waals surface area (Å²) in [6.45, 7) is 1.89. The molecule has 0 saturated heterocycles. The molecular weight excluding hydrogens is 421 g/mol. The fourth-order valence-corrected chi connectivity index (χ4v) is 3.18. The van der Waals surface area contributed by atoms with Gasteiger partial charge in [0.15, 0.2) is 0 Å². The fourth-order valence-electron chi connectivity index (χ4n) is 3.18. The lowest BCUT2D eigenvalue weighted by Crippen LogP contribution is -2.38. The first kappa shape index (κ1) is 22.7. The molecule has 0 aliphatic heterocycles. The average Bonchev–Trinajstić information content (AvgIpc) is 3.21. The van der Waals surface area contributed by atoms with E-state index in [1.807, 2.05) is 5.10 Å². The minimum atomic E-state index is -0.861. The molecule has 2 aromatic carbocycles. The van der Waals surface area contributed by atoms with Gasteiger partial charge in [-0.05, 0) is 42.7 Å². The molecule has 0 aliphatic rings. The molecule has 0 spiro atoms. The Morgan fingerprint density at radius 1 is 1.22 bits per heavy atom. The zero-order valence-electron chi connectivity index (χ0n) is 17.5. The van der Waals surface area contributed by atoms with Gasteiger partial charge in [0.2, 0.25) is 0 Å². The summed E-state index contributed by atoms with van der Waals surface area (Å²) in [5.41, 5.74) is 2.15. The highest BCUT2D eigenvalue weighted by molar-refractivity contribution is 5.90. The SMILES string of the molecule is CCOC(=O)C[C@@H](Cc1ccc(-c2cc(F)ccc2OC)cc1)NC(=O)c1n[nH]c(=O)o1. The van der Waals surface area contributed by atoms with Crippen molar-refractivity contribution in [3.05, 3.63) is 70.3 Å². The first-order valence-corrected chi connectivity index (χ1v) is 9.84. The summed E-state index contributed by atoms with van der Waals surface area (Å²) in [5, 5.41) is 8.12. The maximum absolute atomic E-state index is 13.7. The number of esters is 1. The number of hydrogen-bond acceptors (Lipinski definition) is 7. The molecule has 9 nitrogen and oxygen atoms in total. The van der Waals surface area contributed by atoms with Gasteiger partial charge in [-0.3, -0.25) is 9.59 Å². The number of ether oxygens (including phenoxy) is 2.